The number of benzene rings is 2. The molecule has 2 aromatic carbocycles. The number of phenols is 2. The van der Waals surface area contributed by atoms with Crippen LogP contribution in [0.15, 0.2) is 46.0 Å². The van der Waals surface area contributed by atoms with Gasteiger partial charge in [-0.15, -0.1) is 10.2 Å². The van der Waals surface area contributed by atoms with Gasteiger partial charge in [0.15, 0.2) is 29.6 Å². The first kappa shape index (κ1) is 21.9. The Morgan fingerprint density at radius 2 is 1.84 bits per heavy atom. The number of thioether (sulfide) groups is 1. The van der Waals surface area contributed by atoms with Gasteiger partial charge in [0.25, 0.3) is 5.22 Å². The van der Waals surface area contributed by atoms with Crippen molar-refractivity contribution in [3.05, 3.63) is 42.0 Å². The molecule has 0 aliphatic carbocycles. The van der Waals surface area contributed by atoms with Crippen LogP contribution in [-0.2, 0) is 4.74 Å². The predicted molar refractivity (Wildman–Crippen MR) is 111 cm³/mol. The number of aromatic hydroxyl groups is 2. The fourth-order valence-electron chi connectivity index (χ4n) is 2.39. The molecule has 1 aromatic heterocycles. The maximum atomic E-state index is 11.8. The zero-order valence-corrected chi connectivity index (χ0v) is 17.4. The van der Waals surface area contributed by atoms with Crippen LogP contribution < -0.4 is 9.47 Å². The van der Waals surface area contributed by atoms with Crippen LogP contribution in [0.2, 0.25) is 0 Å². The van der Waals surface area contributed by atoms with Crippen LogP contribution in [-0.4, -0.2) is 53.0 Å². The smallest absolute Gasteiger partial charge is 0.339 e. The van der Waals surface area contributed by atoms with Crippen molar-refractivity contribution in [1.29, 1.82) is 0 Å². The molecule has 0 radical (unpaired) electrons. The summed E-state index contributed by atoms with van der Waals surface area (Å²) >= 11 is 1.24. The van der Waals surface area contributed by atoms with E-state index in [4.69, 9.17) is 18.6 Å². The van der Waals surface area contributed by atoms with E-state index >= 15 is 0 Å². The summed E-state index contributed by atoms with van der Waals surface area (Å²) in [5, 5.41) is 27.0. The van der Waals surface area contributed by atoms with Crippen LogP contribution in [0.25, 0.3) is 11.5 Å². The summed E-state index contributed by atoms with van der Waals surface area (Å²) in [6, 6.07) is 8.93. The molecule has 0 spiro atoms. The van der Waals surface area contributed by atoms with Crippen LogP contribution in [0.5, 0.6) is 23.0 Å². The van der Waals surface area contributed by atoms with E-state index in [1.54, 1.807) is 32.4 Å². The van der Waals surface area contributed by atoms with Crippen LogP contribution in [0.1, 0.15) is 10.4 Å². The molecule has 0 atom stereocenters. The van der Waals surface area contributed by atoms with Crippen LogP contribution in [0.4, 0.5) is 0 Å². The molecule has 0 aliphatic heterocycles. The molecule has 0 saturated carbocycles. The van der Waals surface area contributed by atoms with Crippen molar-refractivity contribution in [3.8, 4) is 46.3 Å². The van der Waals surface area contributed by atoms with Gasteiger partial charge in [0.1, 0.15) is 0 Å². The van der Waals surface area contributed by atoms with E-state index in [1.807, 2.05) is 0 Å². The third kappa shape index (κ3) is 5.61. The highest BCUT2D eigenvalue weighted by molar-refractivity contribution is 7.99. The van der Waals surface area contributed by atoms with E-state index in [0.717, 1.165) is 6.07 Å². The molecule has 0 bridgehead atoms. The van der Waals surface area contributed by atoms with E-state index < -0.39 is 11.7 Å². The Balaban J connectivity index is 1.49. The summed E-state index contributed by atoms with van der Waals surface area (Å²) in [5.41, 5.74) is 0.801. The number of carbonyl (C=O) groups excluding carboxylic acids is 1. The molecule has 0 aliphatic rings. The number of esters is 1. The minimum Gasteiger partial charge on any atom is -0.504 e. The van der Waals surface area contributed by atoms with E-state index in [0.29, 0.717) is 33.9 Å². The summed E-state index contributed by atoms with van der Waals surface area (Å²) in [4.78, 5) is 11.8. The van der Waals surface area contributed by atoms with Gasteiger partial charge in [-0.05, 0) is 36.4 Å². The van der Waals surface area contributed by atoms with Gasteiger partial charge in [-0.25, -0.2) is 4.79 Å². The fraction of sp³-hybridized carbons (Fsp3) is 0.190. The van der Waals surface area contributed by atoms with Gasteiger partial charge >= 0.3 is 5.97 Å². The van der Waals surface area contributed by atoms with Gasteiger partial charge in [0.2, 0.25) is 5.89 Å². The SMILES string of the molecule is COc1ccc(-c2nnc(SCC#CCOC(=O)c3ccc(O)c(O)c3)o2)cc1OC. The average molecular weight is 442 g/mol. The average Bonchev–Trinajstić information content (AvgIpc) is 3.26. The summed E-state index contributed by atoms with van der Waals surface area (Å²) in [6.45, 7) is -0.123. The minimum atomic E-state index is -0.659. The lowest BCUT2D eigenvalue weighted by molar-refractivity contribution is 0.0556. The highest BCUT2D eigenvalue weighted by atomic mass is 32.2. The number of ether oxygens (including phenoxy) is 3. The molecule has 1 heterocycles. The van der Waals surface area contributed by atoms with Gasteiger partial charge < -0.3 is 28.8 Å². The van der Waals surface area contributed by atoms with E-state index in [2.05, 4.69) is 22.0 Å². The number of nitrogens with zero attached hydrogens (tertiary/aromatic N) is 2. The van der Waals surface area contributed by atoms with Crippen molar-refractivity contribution in [2.75, 3.05) is 26.6 Å². The van der Waals surface area contributed by atoms with Crippen molar-refractivity contribution < 1.29 is 33.6 Å². The molecular weight excluding hydrogens is 424 g/mol. The molecule has 0 amide bonds. The van der Waals surface area contributed by atoms with Gasteiger partial charge in [-0.3, -0.25) is 0 Å². The first-order valence-electron chi connectivity index (χ1n) is 8.85. The Hall–Kier alpha value is -3.84. The number of hydrogen-bond donors (Lipinski definition) is 2. The maximum absolute atomic E-state index is 11.8. The Labute approximate surface area is 182 Å². The monoisotopic (exact) mass is 442 g/mol. The molecule has 0 unspecified atom stereocenters. The molecule has 0 saturated heterocycles. The molecule has 3 rings (SSSR count). The molecule has 31 heavy (non-hydrogen) atoms. The second kappa shape index (κ2) is 10.3. The van der Waals surface area contributed by atoms with Crippen molar-refractivity contribution in [3.63, 3.8) is 0 Å². The quantitative estimate of drug-likeness (QED) is 0.244. The molecule has 3 aromatic rings. The first-order chi connectivity index (χ1) is 15.0. The topological polar surface area (TPSA) is 124 Å². The third-order valence-corrected chi connectivity index (χ3v) is 4.62. The summed E-state index contributed by atoms with van der Waals surface area (Å²) in [6.07, 6.45) is 0. The maximum Gasteiger partial charge on any atom is 0.339 e. The summed E-state index contributed by atoms with van der Waals surface area (Å²) in [7, 11) is 3.10. The molecule has 160 valence electrons. The summed E-state index contributed by atoms with van der Waals surface area (Å²) < 4.78 is 21.1. The minimum absolute atomic E-state index is 0.111. The second-order valence-electron chi connectivity index (χ2n) is 5.86. The third-order valence-electron chi connectivity index (χ3n) is 3.92. The lowest BCUT2D eigenvalue weighted by atomic mass is 10.2. The number of carbonyl (C=O) groups is 1. The fourth-order valence-corrected chi connectivity index (χ4v) is 2.92. The lowest BCUT2D eigenvalue weighted by Gasteiger charge is -2.07. The zero-order valence-electron chi connectivity index (χ0n) is 16.6. The number of phenolic OH excluding ortho intramolecular Hbond substituents is 2. The van der Waals surface area contributed by atoms with Gasteiger partial charge in [0, 0.05) is 5.56 Å². The Morgan fingerprint density at radius 3 is 2.58 bits per heavy atom. The predicted octanol–water partition coefficient (Wildman–Crippen LogP) is 3.12. The van der Waals surface area contributed by atoms with E-state index in [9.17, 15) is 15.0 Å². The molecule has 0 fully saturated rings. The van der Waals surface area contributed by atoms with Crippen LogP contribution in [0, 0.1) is 11.8 Å². The Kier molecular flexibility index (Phi) is 7.24. The Morgan fingerprint density at radius 1 is 1.03 bits per heavy atom. The second-order valence-corrected chi connectivity index (χ2v) is 6.79. The standard InChI is InChI=1S/C21H18N2O7S/c1-27-17-8-6-13(12-18(17)28-2)19-22-23-21(30-19)31-10-4-3-9-29-20(26)14-5-7-15(24)16(25)11-14/h5-8,11-12,24-25H,9-10H2,1-2H3. The van der Waals surface area contributed by atoms with Gasteiger partial charge in [0.05, 0.1) is 25.5 Å². The van der Waals surface area contributed by atoms with Crippen molar-refractivity contribution >= 4 is 17.7 Å². The zero-order chi connectivity index (χ0) is 22.2. The van der Waals surface area contributed by atoms with E-state index in [-0.39, 0.29) is 17.9 Å². The number of aromatic nitrogens is 2. The van der Waals surface area contributed by atoms with E-state index in [1.165, 1.54) is 23.9 Å². The number of methoxy groups -OCH3 is 2. The van der Waals surface area contributed by atoms with Gasteiger partial charge in [-0.2, -0.15) is 0 Å². The lowest BCUT2D eigenvalue weighted by Crippen LogP contribution is -2.05. The highest BCUT2D eigenvalue weighted by Crippen LogP contribution is 2.32. The van der Waals surface area contributed by atoms with Crippen LogP contribution >= 0.6 is 11.8 Å². The molecule has 9 nitrogen and oxygen atoms in total. The molecular formula is C21H18N2O7S. The van der Waals surface area contributed by atoms with Crippen molar-refractivity contribution in [1.82, 2.24) is 10.2 Å². The molecule has 2 N–H and O–H groups in total. The molecule has 10 heteroatoms. The van der Waals surface area contributed by atoms with Crippen LogP contribution in [0.3, 0.4) is 0 Å². The first-order valence-corrected chi connectivity index (χ1v) is 9.84. The number of hydrogen-bond acceptors (Lipinski definition) is 10. The van der Waals surface area contributed by atoms with Gasteiger partial charge in [-0.1, -0.05) is 23.6 Å². The normalized spacial score (nSPS) is 10.1. The van der Waals surface area contributed by atoms with Crippen molar-refractivity contribution in [2.45, 2.75) is 5.22 Å². The highest BCUT2D eigenvalue weighted by Gasteiger charge is 2.12. The Bertz CT molecular complexity index is 1130. The largest absolute Gasteiger partial charge is 0.504 e. The van der Waals surface area contributed by atoms with Crippen molar-refractivity contribution in [2.24, 2.45) is 0 Å². The summed E-state index contributed by atoms with van der Waals surface area (Å²) in [5.74, 6) is 5.99. The number of rotatable bonds is 7.